The second-order valence-electron chi connectivity index (χ2n) is 22.0. The van der Waals surface area contributed by atoms with E-state index < -0.39 is 24.3 Å². The highest BCUT2D eigenvalue weighted by Crippen LogP contribution is 2.16. The second kappa shape index (κ2) is 55.5. The number of carboxylic acid groups (broad SMARTS) is 1. The number of ether oxygens (including phenoxy) is 4. The van der Waals surface area contributed by atoms with Gasteiger partial charge >= 0.3 is 17.9 Å². The number of hydrogen-bond donors (Lipinski definition) is 1. The number of carboxylic acids is 1. The topological polar surface area (TPSA) is 108 Å². The number of hydrogen-bond acceptors (Lipinski definition) is 7. The van der Waals surface area contributed by atoms with Gasteiger partial charge in [-0.25, -0.2) is 4.79 Å². The quantitative estimate of drug-likeness (QED) is 0.0211. The van der Waals surface area contributed by atoms with Crippen LogP contribution in [0.2, 0.25) is 0 Å². The summed E-state index contributed by atoms with van der Waals surface area (Å²) in [6.07, 6.45) is 66.2. The first-order valence-corrected chi connectivity index (χ1v) is 30.8. The van der Waals surface area contributed by atoms with Crippen LogP contribution in [0.3, 0.4) is 0 Å². The molecule has 73 heavy (non-hydrogen) atoms. The number of rotatable bonds is 57. The minimum absolute atomic E-state index is 0.182. The summed E-state index contributed by atoms with van der Waals surface area (Å²) in [5.41, 5.74) is 0. The Morgan fingerprint density at radius 2 is 0.740 bits per heavy atom. The van der Waals surface area contributed by atoms with E-state index in [4.69, 9.17) is 18.9 Å². The predicted octanol–water partition coefficient (Wildman–Crippen LogP) is 18.2. The Kier molecular flexibility index (Phi) is 53.4. The van der Waals surface area contributed by atoms with E-state index in [0.717, 1.165) is 51.4 Å². The summed E-state index contributed by atoms with van der Waals surface area (Å²) in [5.74, 6) is -2.00. The van der Waals surface area contributed by atoms with Crippen LogP contribution in [-0.4, -0.2) is 87.4 Å². The molecule has 9 nitrogen and oxygen atoms in total. The molecule has 1 N–H and O–H groups in total. The summed E-state index contributed by atoms with van der Waals surface area (Å²) in [5, 5.41) is 9.71. The van der Waals surface area contributed by atoms with Crippen molar-refractivity contribution in [3.05, 3.63) is 48.6 Å². The van der Waals surface area contributed by atoms with Crippen LogP contribution < -0.4 is 0 Å². The fraction of sp³-hybridized carbons (Fsp3) is 0.828. The zero-order valence-corrected chi connectivity index (χ0v) is 48.6. The van der Waals surface area contributed by atoms with Gasteiger partial charge in [0.05, 0.1) is 34.4 Å². The highest BCUT2D eigenvalue weighted by atomic mass is 16.7. The summed E-state index contributed by atoms with van der Waals surface area (Å²) in [6, 6.07) is 0. The Morgan fingerprint density at radius 3 is 1.11 bits per heavy atom. The molecule has 0 aromatic carbocycles. The Morgan fingerprint density at radius 1 is 0.411 bits per heavy atom. The molecule has 0 saturated heterocycles. The smallest absolute Gasteiger partial charge is 0.361 e. The molecule has 0 aliphatic carbocycles. The summed E-state index contributed by atoms with van der Waals surface area (Å²) in [7, 11) is 5.97. The molecule has 0 bridgehead atoms. The van der Waals surface area contributed by atoms with E-state index in [-0.39, 0.29) is 32.2 Å². The van der Waals surface area contributed by atoms with Crippen LogP contribution in [-0.2, 0) is 33.3 Å². The van der Waals surface area contributed by atoms with Crippen molar-refractivity contribution in [1.82, 2.24) is 0 Å². The van der Waals surface area contributed by atoms with Crippen molar-refractivity contribution >= 4 is 17.9 Å². The number of quaternary nitrogens is 1. The van der Waals surface area contributed by atoms with E-state index >= 15 is 0 Å². The molecule has 0 aliphatic heterocycles. The Hall–Kier alpha value is -2.75. The lowest BCUT2D eigenvalue weighted by Crippen LogP contribution is -2.40. The molecule has 0 fully saturated rings. The number of carbonyl (C=O) groups is 3. The SMILES string of the molecule is CCCCCCC/C=C\C/C=C\C/C=C\CCCCCCCCCCCCCCC(=O)OC(COC(=O)CCCCCCCCCCC/C=C\CCCCCCCCCC)COC(OCC[N+](C)(C)C)C(=O)O. The normalized spacial score (nSPS) is 13.1. The van der Waals surface area contributed by atoms with Crippen LogP contribution in [0, 0.1) is 0 Å². The van der Waals surface area contributed by atoms with Crippen molar-refractivity contribution in [2.45, 2.75) is 296 Å². The molecule has 0 aromatic rings. The first kappa shape index (κ1) is 70.2. The molecule has 0 aromatic heterocycles. The summed E-state index contributed by atoms with van der Waals surface area (Å²) < 4.78 is 22.9. The van der Waals surface area contributed by atoms with E-state index in [0.29, 0.717) is 17.4 Å². The van der Waals surface area contributed by atoms with Gasteiger partial charge < -0.3 is 28.5 Å². The lowest BCUT2D eigenvalue weighted by Gasteiger charge is -2.25. The Balaban J connectivity index is 4.20. The third-order valence-corrected chi connectivity index (χ3v) is 13.6. The molecule has 0 rings (SSSR count). The first-order chi connectivity index (χ1) is 35.6. The van der Waals surface area contributed by atoms with E-state index in [2.05, 4.69) is 62.5 Å². The van der Waals surface area contributed by atoms with Gasteiger partial charge in [-0.3, -0.25) is 9.59 Å². The lowest BCUT2D eigenvalue weighted by molar-refractivity contribution is -0.870. The van der Waals surface area contributed by atoms with Crippen molar-refractivity contribution in [3.63, 3.8) is 0 Å². The second-order valence-corrected chi connectivity index (χ2v) is 22.0. The average Bonchev–Trinajstić information content (AvgIpc) is 3.36. The summed E-state index contributed by atoms with van der Waals surface area (Å²) >= 11 is 0. The molecule has 0 aliphatic rings. The Labute approximate surface area is 451 Å². The fourth-order valence-corrected chi connectivity index (χ4v) is 8.78. The van der Waals surface area contributed by atoms with Gasteiger partial charge in [0.15, 0.2) is 6.10 Å². The predicted molar refractivity (Wildman–Crippen MR) is 309 cm³/mol. The van der Waals surface area contributed by atoms with Crippen molar-refractivity contribution in [1.29, 1.82) is 0 Å². The molecule has 0 spiro atoms. The van der Waals surface area contributed by atoms with Gasteiger partial charge in [-0.2, -0.15) is 0 Å². The van der Waals surface area contributed by atoms with Gasteiger partial charge in [0, 0.05) is 12.8 Å². The van der Waals surface area contributed by atoms with Crippen molar-refractivity contribution in [3.8, 4) is 0 Å². The zero-order chi connectivity index (χ0) is 53.4. The van der Waals surface area contributed by atoms with E-state index in [9.17, 15) is 19.5 Å². The molecular formula is C64H118NO8+. The van der Waals surface area contributed by atoms with Gasteiger partial charge in [-0.15, -0.1) is 0 Å². The van der Waals surface area contributed by atoms with Crippen molar-refractivity contribution < 1.29 is 42.9 Å². The van der Waals surface area contributed by atoms with Crippen LogP contribution in [0.4, 0.5) is 0 Å². The van der Waals surface area contributed by atoms with Gasteiger partial charge in [0.25, 0.3) is 6.29 Å². The van der Waals surface area contributed by atoms with Gasteiger partial charge in [-0.05, 0) is 77.0 Å². The highest BCUT2D eigenvalue weighted by molar-refractivity contribution is 5.71. The summed E-state index contributed by atoms with van der Waals surface area (Å²) in [4.78, 5) is 37.5. The van der Waals surface area contributed by atoms with E-state index in [1.54, 1.807) is 0 Å². The fourth-order valence-electron chi connectivity index (χ4n) is 8.78. The molecule has 0 radical (unpaired) electrons. The number of nitrogens with zero attached hydrogens (tertiary/aromatic N) is 1. The van der Waals surface area contributed by atoms with Crippen molar-refractivity contribution in [2.75, 3.05) is 47.5 Å². The van der Waals surface area contributed by atoms with Gasteiger partial charge in [0.1, 0.15) is 13.2 Å². The molecule has 426 valence electrons. The minimum atomic E-state index is -1.51. The monoisotopic (exact) mass is 1030 g/mol. The summed E-state index contributed by atoms with van der Waals surface area (Å²) in [6.45, 7) is 4.90. The van der Waals surface area contributed by atoms with Crippen LogP contribution in [0.25, 0.3) is 0 Å². The molecular weight excluding hydrogens is 911 g/mol. The van der Waals surface area contributed by atoms with Crippen molar-refractivity contribution in [2.24, 2.45) is 0 Å². The maximum absolute atomic E-state index is 12.9. The minimum Gasteiger partial charge on any atom is -0.477 e. The van der Waals surface area contributed by atoms with Crippen LogP contribution >= 0.6 is 0 Å². The van der Waals surface area contributed by atoms with Crippen LogP contribution in [0.5, 0.6) is 0 Å². The lowest BCUT2D eigenvalue weighted by atomic mass is 10.0. The average molecular weight is 1030 g/mol. The number of carbonyl (C=O) groups excluding carboxylic acids is 2. The van der Waals surface area contributed by atoms with E-state index in [1.807, 2.05) is 21.1 Å². The highest BCUT2D eigenvalue weighted by Gasteiger charge is 2.25. The maximum Gasteiger partial charge on any atom is 0.361 e. The van der Waals surface area contributed by atoms with Gasteiger partial charge in [0.2, 0.25) is 0 Å². The first-order valence-electron chi connectivity index (χ1n) is 30.8. The zero-order valence-electron chi connectivity index (χ0n) is 48.6. The third-order valence-electron chi connectivity index (χ3n) is 13.6. The van der Waals surface area contributed by atoms with Gasteiger partial charge in [-0.1, -0.05) is 242 Å². The molecule has 2 atom stereocenters. The number of aliphatic carboxylic acids is 1. The standard InChI is InChI=1S/C64H117NO8/c1-6-8-10-12-14-16-18-20-22-24-26-28-29-30-31-32-33-35-37-39-41-43-45-47-49-51-53-55-62(67)73-60(59-72-64(63(68)69)70-57-56-65(3,4)5)58-71-61(66)54-52-50-48-46-44-42-40-38-36-34-27-25-23-21-19-17-15-13-11-9-7-2/h18,20,24-27,29-30,60,64H,6-17,19,21-23,28,31-59H2,1-5H3/p+1/b20-18-,26-24-,27-25-,30-29-. The molecule has 0 saturated carbocycles. The number of esters is 2. The van der Waals surface area contributed by atoms with E-state index in [1.165, 1.54) is 205 Å². The molecule has 0 amide bonds. The molecule has 9 heteroatoms. The van der Waals surface area contributed by atoms with Crippen LogP contribution in [0.15, 0.2) is 48.6 Å². The Bertz CT molecular complexity index is 1340. The number of unbranched alkanes of at least 4 members (excludes halogenated alkanes) is 34. The number of allylic oxidation sites excluding steroid dienone is 8. The third kappa shape index (κ3) is 56.8. The maximum atomic E-state index is 12.9. The number of likely N-dealkylation sites (N-methyl/N-ethyl adjacent to an activating group) is 1. The molecule has 2 unspecified atom stereocenters. The van der Waals surface area contributed by atoms with Crippen LogP contribution in [0.1, 0.15) is 284 Å². The molecule has 0 heterocycles. The largest absolute Gasteiger partial charge is 0.477 e.